The lowest BCUT2D eigenvalue weighted by Gasteiger charge is -2.31. The van der Waals surface area contributed by atoms with E-state index >= 15 is 0 Å². The summed E-state index contributed by atoms with van der Waals surface area (Å²) in [5.74, 6) is 0.814. The predicted octanol–water partition coefficient (Wildman–Crippen LogP) is 3.50. The largest absolute Gasteiger partial charge is 0.494 e. The Bertz CT molecular complexity index is 906. The number of ether oxygens (including phenoxy) is 1. The Kier molecular flexibility index (Phi) is 8.10. The molecule has 7 heteroatoms. The molecule has 6 nitrogen and oxygen atoms in total. The molecule has 0 spiro atoms. The van der Waals surface area contributed by atoms with Crippen molar-refractivity contribution in [2.24, 2.45) is 0 Å². The molecular weight excluding hydrogens is 396 g/mol. The maximum absolute atomic E-state index is 12.8. The van der Waals surface area contributed by atoms with Crippen molar-refractivity contribution < 1.29 is 4.74 Å². The summed E-state index contributed by atoms with van der Waals surface area (Å²) in [4.78, 5) is 20.2. The van der Waals surface area contributed by atoms with Gasteiger partial charge in [0, 0.05) is 29.1 Å². The van der Waals surface area contributed by atoms with Gasteiger partial charge >= 0.3 is 0 Å². The van der Waals surface area contributed by atoms with Gasteiger partial charge in [0.15, 0.2) is 5.11 Å². The van der Waals surface area contributed by atoms with E-state index in [-0.39, 0.29) is 5.56 Å². The first-order valence-corrected chi connectivity index (χ1v) is 11.4. The third kappa shape index (κ3) is 5.95. The highest BCUT2D eigenvalue weighted by Gasteiger charge is 2.25. The lowest BCUT2D eigenvalue weighted by Crippen LogP contribution is -2.45. The van der Waals surface area contributed by atoms with Gasteiger partial charge < -0.3 is 24.8 Å². The zero-order valence-corrected chi connectivity index (χ0v) is 19.2. The topological polar surface area (TPSA) is 60.6 Å². The van der Waals surface area contributed by atoms with Crippen molar-refractivity contribution in [3.63, 3.8) is 0 Å². The number of nitrogens with zero attached hydrogens (tertiary/aromatic N) is 2. The second-order valence-electron chi connectivity index (χ2n) is 8.26. The van der Waals surface area contributed by atoms with Gasteiger partial charge in [0.25, 0.3) is 5.56 Å². The van der Waals surface area contributed by atoms with Gasteiger partial charge in [-0.3, -0.25) is 4.79 Å². The number of fused-ring (bicyclic) bond motifs is 1. The Labute approximate surface area is 184 Å². The van der Waals surface area contributed by atoms with Gasteiger partial charge in [-0.25, -0.2) is 0 Å². The Balaban J connectivity index is 1.78. The van der Waals surface area contributed by atoms with Crippen LogP contribution in [0.15, 0.2) is 29.1 Å². The van der Waals surface area contributed by atoms with Crippen LogP contribution in [0.2, 0.25) is 0 Å². The highest BCUT2D eigenvalue weighted by atomic mass is 32.1. The van der Waals surface area contributed by atoms with Crippen LogP contribution in [0, 0.1) is 0 Å². The summed E-state index contributed by atoms with van der Waals surface area (Å²) in [6.45, 7) is 4.96. The Morgan fingerprint density at radius 1 is 1.27 bits per heavy atom. The molecule has 0 aliphatic heterocycles. The minimum atomic E-state index is -0.0509. The summed E-state index contributed by atoms with van der Waals surface area (Å²) in [6, 6.07) is 8.14. The molecule has 0 bridgehead atoms. The second-order valence-corrected chi connectivity index (χ2v) is 8.65. The summed E-state index contributed by atoms with van der Waals surface area (Å²) < 4.78 is 5.62. The predicted molar refractivity (Wildman–Crippen MR) is 127 cm³/mol. The lowest BCUT2D eigenvalue weighted by atomic mass is 10.1. The summed E-state index contributed by atoms with van der Waals surface area (Å²) in [7, 11) is 4.15. The summed E-state index contributed by atoms with van der Waals surface area (Å²) >= 11 is 5.75. The Morgan fingerprint density at radius 3 is 2.73 bits per heavy atom. The van der Waals surface area contributed by atoms with Crippen molar-refractivity contribution >= 4 is 28.2 Å². The van der Waals surface area contributed by atoms with Crippen LogP contribution in [-0.4, -0.2) is 59.7 Å². The number of rotatable bonds is 9. The molecular formula is C23H34N4O2S. The lowest BCUT2D eigenvalue weighted by molar-refractivity contribution is 0.301. The van der Waals surface area contributed by atoms with Gasteiger partial charge in [-0.2, -0.15) is 0 Å². The average Bonchev–Trinajstić information content (AvgIpc) is 3.24. The van der Waals surface area contributed by atoms with Crippen LogP contribution in [-0.2, 0) is 6.54 Å². The van der Waals surface area contributed by atoms with Crippen molar-refractivity contribution in [1.82, 2.24) is 20.1 Å². The first-order chi connectivity index (χ1) is 14.5. The fraction of sp³-hybridized carbons (Fsp3) is 0.565. The molecule has 0 radical (unpaired) electrons. The van der Waals surface area contributed by atoms with E-state index in [1.807, 2.05) is 31.2 Å². The third-order valence-corrected chi connectivity index (χ3v) is 6.01. The molecule has 0 amide bonds. The van der Waals surface area contributed by atoms with E-state index in [9.17, 15) is 4.79 Å². The van der Waals surface area contributed by atoms with Crippen LogP contribution < -0.4 is 15.6 Å². The van der Waals surface area contributed by atoms with Crippen LogP contribution in [0.25, 0.3) is 10.9 Å². The van der Waals surface area contributed by atoms with Crippen LogP contribution in [0.1, 0.15) is 44.6 Å². The molecule has 1 heterocycles. The highest BCUT2D eigenvalue weighted by Crippen LogP contribution is 2.26. The number of thiocarbonyl (C=S) groups is 1. The van der Waals surface area contributed by atoms with Crippen molar-refractivity contribution in [3.05, 3.63) is 40.2 Å². The third-order valence-electron chi connectivity index (χ3n) is 5.63. The fourth-order valence-electron chi connectivity index (χ4n) is 4.06. The normalized spacial score (nSPS) is 14.4. The molecule has 3 rings (SSSR count). The molecule has 2 N–H and O–H groups in total. The van der Waals surface area contributed by atoms with Gasteiger partial charge in [0.1, 0.15) is 5.75 Å². The monoisotopic (exact) mass is 430 g/mol. The first kappa shape index (κ1) is 22.6. The molecule has 1 aliphatic rings. The van der Waals surface area contributed by atoms with Crippen molar-refractivity contribution in [3.8, 4) is 5.75 Å². The van der Waals surface area contributed by atoms with E-state index in [1.165, 1.54) is 12.8 Å². The molecule has 164 valence electrons. The summed E-state index contributed by atoms with van der Waals surface area (Å²) in [6.07, 6.45) is 5.72. The molecule has 1 aromatic carbocycles. The van der Waals surface area contributed by atoms with Crippen molar-refractivity contribution in [2.75, 3.05) is 33.8 Å². The van der Waals surface area contributed by atoms with E-state index < -0.39 is 0 Å². The number of pyridine rings is 1. The van der Waals surface area contributed by atoms with E-state index in [2.05, 4.69) is 34.2 Å². The molecule has 0 saturated heterocycles. The standard InChI is InChI=1S/C23H34N4O2S/c1-4-29-20-10-11-21-17(15-20)14-18(22(28)25-21)16-27(19-8-5-6-9-19)23(30)24-12-7-13-26(2)3/h10-11,14-15,19H,4-9,12-13,16H2,1-3H3,(H,24,30)(H,25,28). The van der Waals surface area contributed by atoms with E-state index in [0.717, 1.165) is 59.7 Å². The number of nitrogens with one attached hydrogen (secondary N) is 2. The van der Waals surface area contributed by atoms with Crippen LogP contribution in [0.5, 0.6) is 5.75 Å². The number of hydrogen-bond donors (Lipinski definition) is 2. The summed E-state index contributed by atoms with van der Waals surface area (Å²) in [5, 5.41) is 5.15. The molecule has 2 aromatic rings. The van der Waals surface area contributed by atoms with Crippen molar-refractivity contribution in [2.45, 2.75) is 51.6 Å². The van der Waals surface area contributed by atoms with Crippen LogP contribution >= 0.6 is 12.2 Å². The number of benzene rings is 1. The highest BCUT2D eigenvalue weighted by molar-refractivity contribution is 7.80. The van der Waals surface area contributed by atoms with Crippen LogP contribution in [0.3, 0.4) is 0 Å². The van der Waals surface area contributed by atoms with Gasteiger partial charge in [0.05, 0.1) is 13.2 Å². The Morgan fingerprint density at radius 2 is 2.03 bits per heavy atom. The molecule has 1 fully saturated rings. The minimum Gasteiger partial charge on any atom is -0.494 e. The molecule has 0 unspecified atom stereocenters. The first-order valence-electron chi connectivity index (χ1n) is 11.0. The SMILES string of the molecule is CCOc1ccc2[nH]c(=O)c(CN(C(=S)NCCCN(C)C)C3CCCC3)cc2c1. The minimum absolute atomic E-state index is 0.0509. The summed E-state index contributed by atoms with van der Waals surface area (Å²) in [5.41, 5.74) is 1.51. The quantitative estimate of drug-likeness (QED) is 0.469. The van der Waals surface area contributed by atoms with Crippen molar-refractivity contribution in [1.29, 1.82) is 0 Å². The smallest absolute Gasteiger partial charge is 0.253 e. The Hall–Kier alpha value is -2.12. The second kappa shape index (κ2) is 10.8. The fourth-order valence-corrected chi connectivity index (χ4v) is 4.38. The molecule has 1 aromatic heterocycles. The number of aromatic nitrogens is 1. The van der Waals surface area contributed by atoms with Gasteiger partial charge in [0.2, 0.25) is 0 Å². The molecule has 1 aliphatic carbocycles. The van der Waals surface area contributed by atoms with E-state index in [0.29, 0.717) is 19.2 Å². The maximum Gasteiger partial charge on any atom is 0.253 e. The van der Waals surface area contributed by atoms with E-state index in [4.69, 9.17) is 17.0 Å². The molecule has 1 saturated carbocycles. The molecule has 0 atom stereocenters. The number of hydrogen-bond acceptors (Lipinski definition) is 4. The van der Waals surface area contributed by atoms with E-state index in [1.54, 1.807) is 0 Å². The van der Waals surface area contributed by atoms with Gasteiger partial charge in [-0.15, -0.1) is 0 Å². The maximum atomic E-state index is 12.8. The number of H-pyrrole nitrogens is 1. The molecule has 30 heavy (non-hydrogen) atoms. The number of aromatic amines is 1. The average molecular weight is 431 g/mol. The van der Waals surface area contributed by atoms with Gasteiger partial charge in [-0.1, -0.05) is 12.8 Å². The zero-order chi connectivity index (χ0) is 21.5. The zero-order valence-electron chi connectivity index (χ0n) is 18.4. The van der Waals surface area contributed by atoms with Crippen LogP contribution in [0.4, 0.5) is 0 Å². The van der Waals surface area contributed by atoms with Gasteiger partial charge in [-0.05, 0) is 83.3 Å².